The van der Waals surface area contributed by atoms with E-state index in [1.165, 1.54) is 4.68 Å². The van der Waals surface area contributed by atoms with Gasteiger partial charge in [-0.05, 0) is 62.0 Å². The second-order valence-electron chi connectivity index (χ2n) is 12.6. The van der Waals surface area contributed by atoms with Crippen molar-refractivity contribution >= 4 is 36.5 Å². The molecule has 3 N–H and O–H groups in total. The number of ether oxygens (including phenoxy) is 1. The van der Waals surface area contributed by atoms with Crippen LogP contribution >= 0.6 is 0 Å². The van der Waals surface area contributed by atoms with E-state index >= 15 is 0 Å². The Hall–Kier alpha value is -4.36. The van der Waals surface area contributed by atoms with Crippen LogP contribution in [0.25, 0.3) is 16.6 Å². The summed E-state index contributed by atoms with van der Waals surface area (Å²) < 4.78 is 10.2. The Morgan fingerprint density at radius 3 is 2.51 bits per heavy atom. The number of nitrogens with zero attached hydrogens (tertiary/aromatic N) is 5. The number of aromatic amines is 1. The molecule has 7 rings (SSSR count). The minimum atomic E-state index is -2.89. The first-order valence-electron chi connectivity index (χ1n) is 15.3. The third-order valence-corrected chi connectivity index (χ3v) is 11.8. The van der Waals surface area contributed by atoms with Crippen LogP contribution in [0.2, 0.25) is 18.6 Å². The van der Waals surface area contributed by atoms with Gasteiger partial charge in [0.05, 0.1) is 34.1 Å². The van der Waals surface area contributed by atoms with Gasteiger partial charge in [-0.3, -0.25) is 24.3 Å². The summed E-state index contributed by atoms with van der Waals surface area (Å²) in [5.74, 6) is -0.585. The predicted molar refractivity (Wildman–Crippen MR) is 172 cm³/mol. The smallest absolute Gasteiger partial charge is 0.279 e. The quantitative estimate of drug-likeness (QED) is 0.222. The van der Waals surface area contributed by atoms with Gasteiger partial charge in [0.2, 0.25) is 0 Å². The minimum absolute atomic E-state index is 0.0110. The molecule has 0 saturated carbocycles. The van der Waals surface area contributed by atoms with E-state index in [0.29, 0.717) is 58.6 Å². The first-order valence-corrected chi connectivity index (χ1v) is 18.3. The zero-order valence-corrected chi connectivity index (χ0v) is 26.4. The van der Waals surface area contributed by atoms with Gasteiger partial charge >= 0.3 is 0 Å². The summed E-state index contributed by atoms with van der Waals surface area (Å²) >= 11 is 0. The number of aromatic nitrogens is 5. The van der Waals surface area contributed by atoms with Crippen molar-refractivity contribution < 1.29 is 19.4 Å². The highest BCUT2D eigenvalue weighted by Gasteiger charge is 2.66. The van der Waals surface area contributed by atoms with Crippen molar-refractivity contribution in [3.05, 3.63) is 101 Å². The van der Waals surface area contributed by atoms with Crippen molar-refractivity contribution in [1.82, 2.24) is 24.8 Å². The van der Waals surface area contributed by atoms with E-state index in [4.69, 9.17) is 4.74 Å². The number of para-hydroxylation sites is 2. The molecule has 2 aromatic heterocycles. The van der Waals surface area contributed by atoms with Crippen LogP contribution in [0.5, 0.6) is 0 Å². The van der Waals surface area contributed by atoms with Crippen LogP contribution in [0.15, 0.2) is 83.8 Å². The number of aliphatic hydroxyl groups is 1. The van der Waals surface area contributed by atoms with Gasteiger partial charge in [0, 0.05) is 48.5 Å². The number of rotatable bonds is 8. The number of aryl methyl sites for hydroxylation is 1. The molecule has 232 valence electrons. The van der Waals surface area contributed by atoms with Gasteiger partial charge in [0.1, 0.15) is 0 Å². The SMILES string of the molecule is C[C@H]1[C@H]([Si](C)(C)O)[C@@H](CCn2cc(CCO)nn2)O[C@]12C(=O)N(c1ccccc1)c1ccc(-n3[nH]c4ccccc4c3=O)cc12. The van der Waals surface area contributed by atoms with E-state index in [2.05, 4.69) is 15.4 Å². The maximum atomic E-state index is 14.8. The van der Waals surface area contributed by atoms with Crippen LogP contribution in [0.3, 0.4) is 0 Å². The fraction of sp³-hybridized carbons (Fsp3) is 0.333. The Morgan fingerprint density at radius 1 is 1.02 bits per heavy atom. The largest absolute Gasteiger partial charge is 0.432 e. The number of aliphatic hydroxyl groups excluding tert-OH is 1. The molecule has 5 aromatic rings. The van der Waals surface area contributed by atoms with Gasteiger partial charge in [0.15, 0.2) is 13.9 Å². The maximum Gasteiger partial charge on any atom is 0.279 e. The molecule has 11 nitrogen and oxygen atoms in total. The van der Waals surface area contributed by atoms with Crippen molar-refractivity contribution in [2.45, 2.75) is 56.7 Å². The molecule has 0 aliphatic carbocycles. The number of hydrogen-bond acceptors (Lipinski definition) is 7. The molecule has 3 aromatic carbocycles. The molecule has 1 saturated heterocycles. The van der Waals surface area contributed by atoms with E-state index in [-0.39, 0.29) is 29.5 Å². The van der Waals surface area contributed by atoms with Crippen LogP contribution in [0, 0.1) is 5.92 Å². The number of amides is 1. The summed E-state index contributed by atoms with van der Waals surface area (Å²) in [4.78, 5) is 41.6. The number of benzene rings is 3. The average molecular weight is 625 g/mol. The van der Waals surface area contributed by atoms with Crippen molar-refractivity contribution in [2.24, 2.45) is 5.92 Å². The van der Waals surface area contributed by atoms with Crippen LogP contribution < -0.4 is 10.5 Å². The van der Waals surface area contributed by atoms with Crippen molar-refractivity contribution in [3.63, 3.8) is 0 Å². The molecule has 2 aliphatic rings. The molecule has 0 bridgehead atoms. The first kappa shape index (κ1) is 29.4. The Labute approximate surface area is 260 Å². The summed E-state index contributed by atoms with van der Waals surface area (Å²) in [5.41, 5.74) is 2.23. The summed E-state index contributed by atoms with van der Waals surface area (Å²) in [7, 11) is -2.89. The lowest BCUT2D eigenvalue weighted by Crippen LogP contribution is -2.45. The van der Waals surface area contributed by atoms with Crippen LogP contribution in [0.4, 0.5) is 11.4 Å². The minimum Gasteiger partial charge on any atom is -0.432 e. The van der Waals surface area contributed by atoms with Gasteiger partial charge in [-0.25, -0.2) is 4.68 Å². The zero-order valence-electron chi connectivity index (χ0n) is 25.4. The lowest BCUT2D eigenvalue weighted by molar-refractivity contribution is -0.145. The molecule has 1 fully saturated rings. The van der Waals surface area contributed by atoms with E-state index in [9.17, 15) is 19.5 Å². The summed E-state index contributed by atoms with van der Waals surface area (Å²) in [5, 5.41) is 21.4. The molecule has 4 heterocycles. The molecule has 2 aliphatic heterocycles. The monoisotopic (exact) mass is 624 g/mol. The van der Waals surface area contributed by atoms with E-state index in [1.54, 1.807) is 21.8 Å². The lowest BCUT2D eigenvalue weighted by atomic mass is 9.82. The van der Waals surface area contributed by atoms with E-state index in [1.807, 2.05) is 86.7 Å². The number of nitrogens with one attached hydrogen (secondary N) is 1. The van der Waals surface area contributed by atoms with Crippen LogP contribution in [0.1, 0.15) is 24.6 Å². The molecule has 1 spiro atoms. The highest BCUT2D eigenvalue weighted by atomic mass is 28.4. The number of hydrogen-bond donors (Lipinski definition) is 3. The molecule has 4 atom stereocenters. The van der Waals surface area contributed by atoms with Crippen molar-refractivity contribution in [3.8, 4) is 5.69 Å². The zero-order chi connectivity index (χ0) is 31.5. The predicted octanol–water partition coefficient (Wildman–Crippen LogP) is 4.01. The molecule has 1 amide bonds. The molecule has 0 unspecified atom stereocenters. The highest BCUT2D eigenvalue weighted by molar-refractivity contribution is 6.71. The van der Waals surface area contributed by atoms with Crippen molar-refractivity contribution in [2.75, 3.05) is 11.5 Å². The van der Waals surface area contributed by atoms with Gasteiger partial charge in [-0.2, -0.15) is 0 Å². The lowest BCUT2D eigenvalue weighted by Gasteiger charge is -2.32. The Bertz CT molecular complexity index is 1950. The van der Waals surface area contributed by atoms with Gasteiger partial charge in [-0.15, -0.1) is 5.10 Å². The summed E-state index contributed by atoms with van der Waals surface area (Å²) in [6, 6.07) is 22.4. The number of anilines is 2. The first-order chi connectivity index (χ1) is 21.6. The third kappa shape index (κ3) is 4.67. The van der Waals surface area contributed by atoms with Gasteiger partial charge < -0.3 is 14.6 Å². The number of carbonyl (C=O) groups excluding carboxylic acids is 1. The van der Waals surface area contributed by atoms with E-state index < -0.39 is 20.0 Å². The highest BCUT2D eigenvalue weighted by Crippen LogP contribution is 2.60. The molecular formula is C33H36N6O5Si. The number of carbonyl (C=O) groups is 1. The van der Waals surface area contributed by atoms with Gasteiger partial charge in [-0.1, -0.05) is 42.5 Å². The molecule has 12 heteroatoms. The van der Waals surface area contributed by atoms with E-state index in [0.717, 1.165) is 0 Å². The maximum absolute atomic E-state index is 14.8. The normalized spacial score (nSPS) is 23.0. The fourth-order valence-corrected chi connectivity index (χ4v) is 10.0. The Balaban J connectivity index is 1.35. The van der Waals surface area contributed by atoms with Crippen LogP contribution in [-0.2, 0) is 28.1 Å². The van der Waals surface area contributed by atoms with Crippen molar-refractivity contribution in [1.29, 1.82) is 0 Å². The number of H-pyrrole nitrogens is 1. The second kappa shape index (κ2) is 10.9. The summed E-state index contributed by atoms with van der Waals surface area (Å²) in [6.07, 6.45) is 2.29. The molecule has 45 heavy (non-hydrogen) atoms. The number of fused-ring (bicyclic) bond motifs is 3. The standard InChI is InChI=1S/C33H36N6O5Si/c1-21-30(45(2,3)43)29(15-17-37-20-22(16-18-40)34-36-37)44-33(21)26-19-24(39-31(41)25-11-7-8-12-27(25)35-39)13-14-28(26)38(32(33)42)23-9-5-4-6-10-23/h4-14,19-21,29-30,35,40,43H,15-18H2,1-3H3/t21-,29+,30-,33+/m0/s1. The van der Waals surface area contributed by atoms with Crippen LogP contribution in [-0.4, -0.2) is 61.6 Å². The molecule has 0 radical (unpaired) electrons. The third-order valence-electron chi connectivity index (χ3n) is 9.34. The van der Waals surface area contributed by atoms with Gasteiger partial charge in [0.25, 0.3) is 11.5 Å². The second-order valence-corrected chi connectivity index (χ2v) is 16.5. The average Bonchev–Trinajstić information content (AvgIpc) is 3.76. The topological polar surface area (TPSA) is 138 Å². The molecular weight excluding hydrogens is 588 g/mol. The fourth-order valence-electron chi connectivity index (χ4n) is 7.41. The summed E-state index contributed by atoms with van der Waals surface area (Å²) in [6.45, 7) is 6.26. The Morgan fingerprint density at radius 2 is 1.78 bits per heavy atom. The Kier molecular flexibility index (Phi) is 7.12.